The molecule has 7 nitrogen and oxygen atoms in total. The highest BCUT2D eigenvalue weighted by Crippen LogP contribution is 2.10. The van der Waals surface area contributed by atoms with Crippen LogP contribution < -0.4 is 0 Å². The summed E-state index contributed by atoms with van der Waals surface area (Å²) in [6, 6.07) is 3.70. The van der Waals surface area contributed by atoms with Gasteiger partial charge in [-0.1, -0.05) is 0 Å². The number of hydrogen-bond donors (Lipinski definition) is 0. The first kappa shape index (κ1) is 17.0. The van der Waals surface area contributed by atoms with E-state index in [2.05, 4.69) is 15.0 Å². The summed E-state index contributed by atoms with van der Waals surface area (Å²) < 4.78 is 0. The summed E-state index contributed by atoms with van der Waals surface area (Å²) in [6.07, 6.45) is 7.60. The minimum absolute atomic E-state index is 0.0793. The Hall–Kier alpha value is -2.83. The molecule has 0 N–H and O–H groups in total. The van der Waals surface area contributed by atoms with Gasteiger partial charge in [0, 0.05) is 44.8 Å². The summed E-state index contributed by atoms with van der Waals surface area (Å²) >= 11 is 0. The third-order valence-corrected chi connectivity index (χ3v) is 4.24. The van der Waals surface area contributed by atoms with Crippen molar-refractivity contribution < 1.29 is 9.59 Å². The molecule has 7 heteroatoms. The zero-order valence-corrected chi connectivity index (χ0v) is 14.3. The molecule has 0 saturated carbocycles. The Balaban J connectivity index is 1.59. The van der Waals surface area contributed by atoms with Crippen LogP contribution in [-0.4, -0.2) is 62.7 Å². The summed E-state index contributed by atoms with van der Waals surface area (Å²) in [5.41, 5.74) is 2.08. The van der Waals surface area contributed by atoms with Crippen molar-refractivity contribution >= 4 is 11.8 Å². The Bertz CT molecular complexity index is 733. The molecule has 0 bridgehead atoms. The predicted octanol–water partition coefficient (Wildman–Crippen LogP) is 1.10. The second kappa shape index (κ2) is 7.83. The van der Waals surface area contributed by atoms with Crippen molar-refractivity contribution in [3.63, 3.8) is 0 Å². The van der Waals surface area contributed by atoms with E-state index in [0.717, 1.165) is 17.7 Å². The Kier molecular flexibility index (Phi) is 5.33. The Morgan fingerprint density at radius 2 is 1.72 bits per heavy atom. The van der Waals surface area contributed by atoms with Gasteiger partial charge in [0.15, 0.2) is 0 Å². The molecule has 0 spiro atoms. The van der Waals surface area contributed by atoms with Gasteiger partial charge in [-0.2, -0.15) is 0 Å². The molecule has 0 radical (unpaired) electrons. The second-order valence-electron chi connectivity index (χ2n) is 6.10. The van der Waals surface area contributed by atoms with Crippen LogP contribution in [0.3, 0.4) is 0 Å². The standard InChI is InChI=1S/C18H21N5O2/c1-14-12-21-16(13-20-14)18(25)23-8-2-7-22(9-10-23)17(24)11-15-3-5-19-6-4-15/h3-6,12-13H,2,7-11H2,1H3. The van der Waals surface area contributed by atoms with Crippen LogP contribution in [0.5, 0.6) is 0 Å². The fourth-order valence-corrected chi connectivity index (χ4v) is 2.82. The lowest BCUT2D eigenvalue weighted by molar-refractivity contribution is -0.130. The van der Waals surface area contributed by atoms with E-state index in [9.17, 15) is 9.59 Å². The van der Waals surface area contributed by atoms with Gasteiger partial charge < -0.3 is 9.80 Å². The van der Waals surface area contributed by atoms with Crippen molar-refractivity contribution in [2.24, 2.45) is 0 Å². The zero-order chi connectivity index (χ0) is 17.6. The maximum atomic E-state index is 12.5. The van der Waals surface area contributed by atoms with E-state index in [1.54, 1.807) is 23.5 Å². The predicted molar refractivity (Wildman–Crippen MR) is 91.8 cm³/mol. The molecule has 2 aromatic heterocycles. The maximum Gasteiger partial charge on any atom is 0.274 e. The Morgan fingerprint density at radius 3 is 2.44 bits per heavy atom. The number of pyridine rings is 1. The Labute approximate surface area is 146 Å². The largest absolute Gasteiger partial charge is 0.341 e. The fourth-order valence-electron chi connectivity index (χ4n) is 2.82. The van der Waals surface area contributed by atoms with Gasteiger partial charge >= 0.3 is 0 Å². The molecule has 1 saturated heterocycles. The van der Waals surface area contributed by atoms with E-state index in [-0.39, 0.29) is 11.8 Å². The van der Waals surface area contributed by atoms with Gasteiger partial charge in [-0.25, -0.2) is 4.98 Å². The Morgan fingerprint density at radius 1 is 1.00 bits per heavy atom. The molecule has 0 unspecified atom stereocenters. The van der Waals surface area contributed by atoms with Crippen LogP contribution in [0.1, 0.15) is 28.2 Å². The number of hydrogen-bond acceptors (Lipinski definition) is 5. The van der Waals surface area contributed by atoms with E-state index in [0.29, 0.717) is 38.3 Å². The minimum Gasteiger partial charge on any atom is -0.341 e. The van der Waals surface area contributed by atoms with Gasteiger partial charge in [0.05, 0.1) is 18.3 Å². The van der Waals surface area contributed by atoms with Crippen molar-refractivity contribution in [1.82, 2.24) is 24.8 Å². The average Bonchev–Trinajstić information content (AvgIpc) is 2.89. The van der Waals surface area contributed by atoms with Crippen LogP contribution in [0.15, 0.2) is 36.9 Å². The first-order valence-electron chi connectivity index (χ1n) is 8.38. The summed E-state index contributed by atoms with van der Waals surface area (Å²) in [4.78, 5) is 40.9. The fraction of sp³-hybridized carbons (Fsp3) is 0.389. The van der Waals surface area contributed by atoms with Crippen LogP contribution in [0.2, 0.25) is 0 Å². The lowest BCUT2D eigenvalue weighted by Crippen LogP contribution is -2.38. The molecule has 2 aromatic rings. The summed E-state index contributed by atoms with van der Waals surface area (Å²) in [5, 5.41) is 0. The maximum absolute atomic E-state index is 12.5. The van der Waals surface area contributed by atoms with Gasteiger partial charge in [-0.3, -0.25) is 19.6 Å². The van der Waals surface area contributed by atoms with E-state index in [4.69, 9.17) is 0 Å². The quantitative estimate of drug-likeness (QED) is 0.836. The van der Waals surface area contributed by atoms with Gasteiger partial charge in [0.2, 0.25) is 5.91 Å². The topological polar surface area (TPSA) is 79.3 Å². The monoisotopic (exact) mass is 339 g/mol. The highest BCUT2D eigenvalue weighted by molar-refractivity contribution is 5.92. The van der Waals surface area contributed by atoms with Gasteiger partial charge in [-0.05, 0) is 31.0 Å². The van der Waals surface area contributed by atoms with Crippen LogP contribution in [0.25, 0.3) is 0 Å². The molecular formula is C18H21N5O2. The van der Waals surface area contributed by atoms with Crippen LogP contribution >= 0.6 is 0 Å². The zero-order valence-electron chi connectivity index (χ0n) is 14.3. The van der Waals surface area contributed by atoms with Crippen molar-refractivity contribution in [3.05, 3.63) is 53.9 Å². The lowest BCUT2D eigenvalue weighted by atomic mass is 10.2. The van der Waals surface area contributed by atoms with Crippen LogP contribution in [0.4, 0.5) is 0 Å². The first-order chi connectivity index (χ1) is 12.1. The van der Waals surface area contributed by atoms with Gasteiger partial charge in [-0.15, -0.1) is 0 Å². The number of carbonyl (C=O) groups is 2. The van der Waals surface area contributed by atoms with E-state index in [1.165, 1.54) is 6.20 Å². The molecule has 3 rings (SSSR count). The molecule has 0 aromatic carbocycles. The summed E-state index contributed by atoms with van der Waals surface area (Å²) in [7, 11) is 0. The summed E-state index contributed by atoms with van der Waals surface area (Å²) in [6.45, 7) is 4.16. The number of amides is 2. The van der Waals surface area contributed by atoms with Crippen LogP contribution in [0, 0.1) is 6.92 Å². The molecule has 2 amide bonds. The molecule has 1 fully saturated rings. The molecule has 0 aliphatic carbocycles. The minimum atomic E-state index is -0.129. The lowest BCUT2D eigenvalue weighted by Gasteiger charge is -2.22. The summed E-state index contributed by atoms with van der Waals surface area (Å²) in [5.74, 6) is -0.0495. The molecule has 130 valence electrons. The van der Waals surface area contributed by atoms with Crippen LogP contribution in [-0.2, 0) is 11.2 Å². The van der Waals surface area contributed by atoms with Crippen molar-refractivity contribution in [3.8, 4) is 0 Å². The number of aryl methyl sites for hydroxylation is 1. The molecule has 25 heavy (non-hydrogen) atoms. The van der Waals surface area contributed by atoms with E-state index in [1.807, 2.05) is 24.0 Å². The number of rotatable bonds is 3. The number of aromatic nitrogens is 3. The van der Waals surface area contributed by atoms with Gasteiger partial charge in [0.25, 0.3) is 5.91 Å². The number of carbonyl (C=O) groups excluding carboxylic acids is 2. The van der Waals surface area contributed by atoms with Gasteiger partial charge in [0.1, 0.15) is 5.69 Å². The molecule has 1 aliphatic rings. The van der Waals surface area contributed by atoms with E-state index < -0.39 is 0 Å². The van der Waals surface area contributed by atoms with Crippen molar-refractivity contribution in [2.45, 2.75) is 19.8 Å². The molecule has 3 heterocycles. The second-order valence-corrected chi connectivity index (χ2v) is 6.10. The highest BCUT2D eigenvalue weighted by atomic mass is 16.2. The third-order valence-electron chi connectivity index (χ3n) is 4.24. The first-order valence-corrected chi connectivity index (χ1v) is 8.38. The smallest absolute Gasteiger partial charge is 0.274 e. The molecule has 0 atom stereocenters. The molecular weight excluding hydrogens is 318 g/mol. The SMILES string of the molecule is Cc1cnc(C(=O)N2CCCN(C(=O)Cc3ccncc3)CC2)cn1. The van der Waals surface area contributed by atoms with Crippen molar-refractivity contribution in [1.29, 1.82) is 0 Å². The average molecular weight is 339 g/mol. The molecule has 1 aliphatic heterocycles. The highest BCUT2D eigenvalue weighted by Gasteiger charge is 2.23. The normalized spacial score (nSPS) is 14.9. The van der Waals surface area contributed by atoms with E-state index >= 15 is 0 Å². The number of nitrogens with zero attached hydrogens (tertiary/aromatic N) is 5. The van der Waals surface area contributed by atoms with Crippen molar-refractivity contribution in [2.75, 3.05) is 26.2 Å². The third kappa shape index (κ3) is 4.37.